The molecule has 2 N–H and O–H groups in total. The minimum Gasteiger partial charge on any atom is -0.398 e. The number of rotatable bonds is 0. The predicted octanol–water partition coefficient (Wildman–Crippen LogP) is 19.6. The summed E-state index contributed by atoms with van der Waals surface area (Å²) in [6.07, 6.45) is 2.00. The fourth-order valence-electron chi connectivity index (χ4n) is 7.69. The van der Waals surface area contributed by atoms with E-state index in [0.29, 0.717) is 0 Å². The van der Waals surface area contributed by atoms with Gasteiger partial charge in [-0.1, -0.05) is 256 Å². The average molecular weight is 1000 g/mol. The minimum absolute atomic E-state index is 0.0112. The van der Waals surface area contributed by atoms with Gasteiger partial charge in [-0.05, 0) is 120 Å². The van der Waals surface area contributed by atoms with Crippen LogP contribution in [0.15, 0.2) is 85.1 Å². The van der Waals surface area contributed by atoms with E-state index in [0.717, 1.165) is 33.9 Å². The Morgan fingerprint density at radius 1 is 0.315 bits per heavy atom. The summed E-state index contributed by atoms with van der Waals surface area (Å²) in [6.45, 7) is 67.4. The van der Waals surface area contributed by atoms with Crippen LogP contribution in [-0.4, -0.2) is 15.2 Å². The van der Waals surface area contributed by atoms with Crippen LogP contribution in [0.1, 0.15) is 269 Å². The molecule has 0 unspecified atom stereocenters. The maximum atomic E-state index is 13.9. The summed E-state index contributed by atoms with van der Waals surface area (Å²) < 4.78 is 13.9. The Hall–Kier alpha value is -4.38. The van der Waals surface area contributed by atoms with Crippen molar-refractivity contribution in [2.45, 2.75) is 269 Å². The van der Waals surface area contributed by atoms with Crippen LogP contribution >= 0.6 is 0 Å². The molecule has 0 atom stereocenters. The molecule has 0 fully saturated rings. The van der Waals surface area contributed by atoms with Gasteiger partial charge in [0.2, 0.25) is 0 Å². The van der Waals surface area contributed by atoms with Gasteiger partial charge in [0.05, 0.1) is 11.4 Å². The lowest BCUT2D eigenvalue weighted by Gasteiger charge is -2.25. The predicted molar refractivity (Wildman–Crippen MR) is 322 cm³/mol. The fraction of sp³-hybridized carbons (Fsp3) is 0.603. The second-order valence-corrected chi connectivity index (χ2v) is 30.8. The first-order valence-corrected chi connectivity index (χ1v) is 26.9. The standard InChI is InChI=1S/C15H24.C14H21F.C14H23N.C13H21N.C12H20N2/c1-11-10-12(14(2,3)4)8-9-13(11)15(5,6)7;2*1-13(2,3)10-7-8-11(12(15)9-10)14(4,5)6;1-12(2,3)10-7-8-11(14-9-10)13(4,5)6;1-11(2,3)9-7-8-10(14-13-9)12(4,5)6/h8-10H,1-7H3;7-9H,1-6H3;7-9H,15H2,1-6H3;7-9H,1-6H3;7-8H,1-6H3. The molecule has 4 nitrogen and oxygen atoms in total. The molecular formula is C68H109FN4. The van der Waals surface area contributed by atoms with E-state index in [9.17, 15) is 4.39 Å². The van der Waals surface area contributed by atoms with Crippen LogP contribution in [0.2, 0.25) is 0 Å². The number of anilines is 1. The number of aryl methyl sites for hydroxylation is 1. The Morgan fingerprint density at radius 2 is 0.616 bits per heavy atom. The first-order valence-electron chi connectivity index (χ1n) is 26.9. The molecular weight excluding hydrogens is 892 g/mol. The second kappa shape index (κ2) is 24.1. The summed E-state index contributed by atoms with van der Waals surface area (Å²) in [5, 5.41) is 8.53. The zero-order valence-electron chi connectivity index (χ0n) is 52.9. The van der Waals surface area contributed by atoms with E-state index in [4.69, 9.17) is 5.73 Å². The summed E-state index contributed by atoms with van der Waals surface area (Å²) in [7, 11) is 0. The Bertz CT molecular complexity index is 2160. The van der Waals surface area contributed by atoms with Crippen molar-refractivity contribution in [1.29, 1.82) is 0 Å². The third kappa shape index (κ3) is 22.2. The Morgan fingerprint density at radius 3 is 0.877 bits per heavy atom. The van der Waals surface area contributed by atoms with Crippen molar-refractivity contribution in [3.8, 4) is 0 Å². The molecule has 0 aliphatic carbocycles. The monoisotopic (exact) mass is 1000 g/mol. The molecule has 3 aromatic carbocycles. The van der Waals surface area contributed by atoms with Crippen molar-refractivity contribution in [2.24, 2.45) is 0 Å². The van der Waals surface area contributed by atoms with Gasteiger partial charge in [0.1, 0.15) is 5.82 Å². The largest absolute Gasteiger partial charge is 0.398 e. The van der Waals surface area contributed by atoms with Gasteiger partial charge >= 0.3 is 0 Å². The van der Waals surface area contributed by atoms with Crippen LogP contribution in [0.5, 0.6) is 0 Å². The molecule has 408 valence electrons. The SMILES string of the molecule is CC(C)(C)c1ccc(C(C)(C)C)c(F)c1.CC(C)(C)c1ccc(C(C)(C)C)c(N)c1.CC(C)(C)c1ccc(C(C)(C)C)nc1.CC(C)(C)c1ccc(C(C)(C)C)nn1.Cc1cc(C(C)(C)C)ccc1C(C)(C)C. The Kier molecular flexibility index (Phi) is 22.0. The van der Waals surface area contributed by atoms with Crippen LogP contribution < -0.4 is 5.73 Å². The molecule has 0 aliphatic rings. The van der Waals surface area contributed by atoms with Gasteiger partial charge in [0.25, 0.3) is 0 Å². The molecule has 0 spiro atoms. The number of nitrogens with two attached hydrogens (primary N) is 1. The van der Waals surface area contributed by atoms with Crippen molar-refractivity contribution >= 4 is 5.69 Å². The van der Waals surface area contributed by atoms with Crippen LogP contribution in [0.25, 0.3) is 0 Å². The molecule has 2 aromatic heterocycles. The normalized spacial score (nSPS) is 13.0. The Labute approximate surface area is 450 Å². The van der Waals surface area contributed by atoms with E-state index < -0.39 is 0 Å². The van der Waals surface area contributed by atoms with E-state index in [-0.39, 0.29) is 60.0 Å². The smallest absolute Gasteiger partial charge is 0.127 e. The Balaban J connectivity index is 0.000000456. The zero-order chi connectivity index (χ0) is 57.5. The summed E-state index contributed by atoms with van der Waals surface area (Å²) >= 11 is 0. The average Bonchev–Trinajstić information content (AvgIpc) is 3.18. The highest BCUT2D eigenvalue weighted by molar-refractivity contribution is 5.53. The third-order valence-electron chi connectivity index (χ3n) is 12.9. The lowest BCUT2D eigenvalue weighted by molar-refractivity contribution is 0.513. The quantitative estimate of drug-likeness (QED) is 0.157. The van der Waals surface area contributed by atoms with Gasteiger partial charge in [0, 0.05) is 33.8 Å². The molecule has 0 saturated carbocycles. The van der Waals surface area contributed by atoms with E-state index >= 15 is 0 Å². The number of benzene rings is 3. The molecule has 0 radical (unpaired) electrons. The summed E-state index contributed by atoms with van der Waals surface area (Å²) in [5.41, 5.74) is 21.4. The number of pyridine rings is 1. The van der Waals surface area contributed by atoms with Gasteiger partial charge in [-0.25, -0.2) is 4.39 Å². The topological polar surface area (TPSA) is 64.7 Å². The summed E-state index contributed by atoms with van der Waals surface area (Å²) in [6, 6.07) is 27.5. The van der Waals surface area contributed by atoms with Crippen molar-refractivity contribution < 1.29 is 4.39 Å². The highest BCUT2D eigenvalue weighted by Crippen LogP contribution is 2.34. The van der Waals surface area contributed by atoms with Crippen molar-refractivity contribution in [1.82, 2.24) is 15.2 Å². The van der Waals surface area contributed by atoms with Crippen molar-refractivity contribution in [3.05, 3.63) is 152 Å². The molecule has 0 aliphatic heterocycles. The highest BCUT2D eigenvalue weighted by atomic mass is 19.1. The van der Waals surface area contributed by atoms with Crippen LogP contribution in [-0.2, 0) is 54.1 Å². The van der Waals surface area contributed by atoms with Crippen molar-refractivity contribution in [2.75, 3.05) is 5.73 Å². The van der Waals surface area contributed by atoms with E-state index in [1.807, 2.05) is 39.1 Å². The van der Waals surface area contributed by atoms with E-state index in [1.54, 1.807) is 6.07 Å². The van der Waals surface area contributed by atoms with Gasteiger partial charge < -0.3 is 5.73 Å². The molecule has 0 bridgehead atoms. The van der Waals surface area contributed by atoms with Gasteiger partial charge in [-0.15, -0.1) is 0 Å². The number of nitrogens with zero attached hydrogens (tertiary/aromatic N) is 3. The number of hydrogen-bond acceptors (Lipinski definition) is 4. The maximum Gasteiger partial charge on any atom is 0.127 e. The summed E-state index contributed by atoms with van der Waals surface area (Å²) in [4.78, 5) is 4.52. The van der Waals surface area contributed by atoms with Crippen LogP contribution in [0.3, 0.4) is 0 Å². The first kappa shape index (κ1) is 66.6. The first-order chi connectivity index (χ1) is 32.3. The molecule has 0 saturated heterocycles. The van der Waals surface area contributed by atoms with Crippen molar-refractivity contribution in [3.63, 3.8) is 0 Å². The molecule has 5 heteroatoms. The third-order valence-corrected chi connectivity index (χ3v) is 12.9. The number of aromatic nitrogens is 3. The lowest BCUT2D eigenvalue weighted by Crippen LogP contribution is -2.18. The van der Waals surface area contributed by atoms with Gasteiger partial charge in [-0.3, -0.25) is 4.98 Å². The highest BCUT2D eigenvalue weighted by Gasteiger charge is 2.24. The molecule has 73 heavy (non-hydrogen) atoms. The number of halogens is 1. The van der Waals surface area contributed by atoms with E-state index in [1.165, 1.54) is 33.4 Å². The van der Waals surface area contributed by atoms with Gasteiger partial charge in [0.15, 0.2) is 0 Å². The zero-order valence-corrected chi connectivity index (χ0v) is 52.9. The fourth-order valence-corrected chi connectivity index (χ4v) is 7.69. The molecule has 5 rings (SSSR count). The number of nitrogen functional groups attached to an aromatic ring is 1. The maximum absolute atomic E-state index is 13.9. The molecule has 0 amide bonds. The van der Waals surface area contributed by atoms with Crippen LogP contribution in [0, 0.1) is 12.7 Å². The summed E-state index contributed by atoms with van der Waals surface area (Å²) in [5.74, 6) is -0.0880. The van der Waals surface area contributed by atoms with E-state index in [2.05, 4.69) is 270 Å². The molecule has 2 heterocycles. The second-order valence-electron chi connectivity index (χ2n) is 30.8. The lowest BCUT2D eigenvalue weighted by atomic mass is 9.80. The van der Waals surface area contributed by atoms with Crippen LogP contribution in [0.4, 0.5) is 10.1 Å². The minimum atomic E-state index is -0.125. The van der Waals surface area contributed by atoms with Gasteiger partial charge in [-0.2, -0.15) is 10.2 Å². The number of hydrogen-bond donors (Lipinski definition) is 1. The molecule has 5 aromatic rings.